The van der Waals surface area contributed by atoms with Crippen LogP contribution in [0.25, 0.3) is 100 Å². The van der Waals surface area contributed by atoms with Gasteiger partial charge in [-0.15, -0.1) is 0 Å². The Bertz CT molecular complexity index is 4550. The van der Waals surface area contributed by atoms with Gasteiger partial charge in [0.25, 0.3) is 0 Å². The Kier molecular flexibility index (Phi) is 4.13. The van der Waals surface area contributed by atoms with Crippen LogP contribution in [0.3, 0.4) is 0 Å². The number of benzene rings is 8. The largest absolute Gasteiger partial charge is 0.278 e. The van der Waals surface area contributed by atoms with Gasteiger partial charge in [-0.2, -0.15) is 15.0 Å². The molecule has 12 rings (SSSR count). The molecule has 0 amide bonds. The van der Waals surface area contributed by atoms with Crippen LogP contribution in [0.15, 0.2) is 188 Å². The third kappa shape index (κ3) is 5.01. The maximum absolute atomic E-state index is 9.93. The van der Waals surface area contributed by atoms with Gasteiger partial charge in [-0.3, -0.25) is 9.13 Å². The second kappa shape index (κ2) is 12.7. The van der Waals surface area contributed by atoms with E-state index >= 15 is 0 Å². The Morgan fingerprint density at radius 3 is 1.68 bits per heavy atom. The topological polar surface area (TPSA) is 48.5 Å². The smallest absolute Gasteiger partial charge is 0.240 e. The van der Waals surface area contributed by atoms with E-state index in [1.165, 1.54) is 0 Å². The van der Waals surface area contributed by atoms with Crippen molar-refractivity contribution >= 4 is 43.6 Å². The highest BCUT2D eigenvalue weighted by Crippen LogP contribution is 2.52. The summed E-state index contributed by atoms with van der Waals surface area (Å²) in [7, 11) is 0. The molecule has 0 unspecified atom stereocenters. The minimum atomic E-state index is -0.820. The minimum absolute atomic E-state index is 0.219. The van der Waals surface area contributed by atoms with Crippen LogP contribution < -0.4 is 0 Å². The minimum Gasteiger partial charge on any atom is -0.278 e. The molecule has 3 aromatic heterocycles. The van der Waals surface area contributed by atoms with Gasteiger partial charge in [0.1, 0.15) is 0 Å². The van der Waals surface area contributed by atoms with E-state index in [4.69, 9.17) is 32.8 Å². The average Bonchev–Trinajstić information content (AvgIpc) is 4.24. The van der Waals surface area contributed by atoms with Gasteiger partial charge in [-0.1, -0.05) is 171 Å². The zero-order chi connectivity index (χ0) is 56.6. The molecule has 1 aliphatic carbocycles. The lowest BCUT2D eigenvalue weighted by atomic mass is 9.82. The molecule has 11 aromatic rings. The summed E-state index contributed by atoms with van der Waals surface area (Å²) in [5.41, 5.74) is 2.62. The molecule has 5 nitrogen and oxygen atoms in total. The summed E-state index contributed by atoms with van der Waals surface area (Å²) in [5, 5.41) is -1.42. The first-order valence-electron chi connectivity index (χ1n) is 28.6. The standard InChI is InChI=1S/C54H37N5/c1-54(2)44-25-10-6-23-43(44)50-38(24-15-26-45(50)54)36-18-14-19-37(32-36)51-55-52(58-46-27-11-7-20-39(46)40-21-8-12-28-47(40)58)57-53(56-51)59-48-29-13-9-22-41(48)42-31-30-35(33-49(42)59)34-16-4-3-5-17-34/h3-33H,1-2H3/i3D,4D,5D,7D,8D,9D,11D,12D,13D,16D,17D,20D,21D,22D,27D,28D,29D,30D,31D,33D. The molecular formula is C54H37N5. The van der Waals surface area contributed by atoms with Gasteiger partial charge in [0.15, 0.2) is 5.82 Å². The van der Waals surface area contributed by atoms with Gasteiger partial charge < -0.3 is 0 Å². The number of hydrogen-bond donors (Lipinski definition) is 0. The second-order valence-electron chi connectivity index (χ2n) is 14.6. The van der Waals surface area contributed by atoms with Crippen molar-refractivity contribution in [2.75, 3.05) is 0 Å². The van der Waals surface area contributed by atoms with E-state index < -0.39 is 160 Å². The summed E-state index contributed by atoms with van der Waals surface area (Å²) in [5.74, 6) is -1.35. The number of fused-ring (bicyclic) bond motifs is 9. The van der Waals surface area contributed by atoms with Gasteiger partial charge in [0, 0.05) is 32.5 Å². The summed E-state index contributed by atoms with van der Waals surface area (Å²) in [4.78, 5) is 14.7. The quantitative estimate of drug-likeness (QED) is 0.175. The number of aromatic nitrogens is 5. The molecule has 0 radical (unpaired) electrons. The predicted molar refractivity (Wildman–Crippen MR) is 242 cm³/mol. The Morgan fingerprint density at radius 1 is 0.441 bits per heavy atom. The van der Waals surface area contributed by atoms with Crippen molar-refractivity contribution in [1.29, 1.82) is 0 Å². The molecule has 59 heavy (non-hydrogen) atoms. The van der Waals surface area contributed by atoms with Crippen LogP contribution in [-0.4, -0.2) is 24.1 Å². The Morgan fingerprint density at radius 2 is 0.983 bits per heavy atom. The summed E-state index contributed by atoms with van der Waals surface area (Å²) in [6, 6.07) is 6.07. The molecule has 8 aromatic carbocycles. The van der Waals surface area contributed by atoms with Crippen LogP contribution in [0.4, 0.5) is 0 Å². The van der Waals surface area contributed by atoms with Gasteiger partial charge in [0.05, 0.1) is 49.5 Å². The molecule has 0 fully saturated rings. The molecule has 0 saturated carbocycles. The van der Waals surface area contributed by atoms with E-state index in [1.807, 2.05) is 36.4 Å². The fourth-order valence-corrected chi connectivity index (χ4v) is 8.34. The number of hydrogen-bond acceptors (Lipinski definition) is 3. The van der Waals surface area contributed by atoms with E-state index in [2.05, 4.69) is 26.0 Å². The van der Waals surface area contributed by atoms with Crippen LogP contribution in [-0.2, 0) is 5.41 Å². The highest BCUT2D eigenvalue weighted by Gasteiger charge is 2.36. The van der Waals surface area contributed by atoms with E-state index in [-0.39, 0.29) is 44.0 Å². The Hall–Kier alpha value is -7.63. The molecule has 3 heterocycles. The maximum Gasteiger partial charge on any atom is 0.240 e. The molecule has 0 N–H and O–H groups in total. The van der Waals surface area contributed by atoms with Gasteiger partial charge in [0.2, 0.25) is 11.9 Å². The fourth-order valence-electron chi connectivity index (χ4n) is 8.34. The van der Waals surface area contributed by atoms with E-state index in [0.717, 1.165) is 37.0 Å². The van der Waals surface area contributed by atoms with Crippen molar-refractivity contribution in [2.45, 2.75) is 19.3 Å². The van der Waals surface area contributed by atoms with Crippen molar-refractivity contribution in [3.63, 3.8) is 0 Å². The van der Waals surface area contributed by atoms with Crippen molar-refractivity contribution in [1.82, 2.24) is 24.1 Å². The van der Waals surface area contributed by atoms with Gasteiger partial charge in [-0.05, 0) is 74.7 Å². The zero-order valence-corrected chi connectivity index (χ0v) is 31.1. The lowest BCUT2D eigenvalue weighted by Crippen LogP contribution is -2.14. The van der Waals surface area contributed by atoms with Crippen molar-refractivity contribution in [2.24, 2.45) is 0 Å². The Labute approximate surface area is 369 Å². The summed E-state index contributed by atoms with van der Waals surface area (Å²) < 4.78 is 182. The van der Waals surface area contributed by atoms with Crippen LogP contribution in [0, 0.1) is 0 Å². The zero-order valence-electron chi connectivity index (χ0n) is 51.1. The summed E-state index contributed by atoms with van der Waals surface area (Å²) in [6.45, 7) is 4.28. The molecule has 0 spiro atoms. The highest BCUT2D eigenvalue weighted by molar-refractivity contribution is 6.11. The SMILES string of the molecule is [2H]c1c([2H])c([2H])c(-c2c([2H])c([2H])c3c4c([2H])c([2H])c([2H])c([2H])c4n(-c4nc(-c5cccc(-c6cccc7c6-c6ccccc6C7(C)C)c5)nc(-n5c6c([2H])c([2H])c([2H])c([2H])c6c6c([2H])c([2H])c([2H])c([2H])c65)n4)c3c2[2H])c([2H])c1[2H]. The first-order valence-corrected chi connectivity index (χ1v) is 18.6. The first kappa shape index (κ1) is 19.2. The van der Waals surface area contributed by atoms with Crippen LogP contribution >= 0.6 is 0 Å². The van der Waals surface area contributed by atoms with Crippen molar-refractivity contribution in [3.05, 3.63) is 199 Å². The van der Waals surface area contributed by atoms with Crippen LogP contribution in [0.1, 0.15) is 52.4 Å². The number of nitrogens with zero attached hydrogens (tertiary/aromatic N) is 5. The molecule has 0 atom stereocenters. The van der Waals surface area contributed by atoms with E-state index in [1.54, 1.807) is 18.2 Å². The lowest BCUT2D eigenvalue weighted by Gasteiger charge is -2.21. The Balaban J connectivity index is 1.28. The molecule has 1 aliphatic rings. The second-order valence-corrected chi connectivity index (χ2v) is 14.6. The summed E-state index contributed by atoms with van der Waals surface area (Å²) in [6.07, 6.45) is 0. The molecule has 278 valence electrons. The fraction of sp³-hybridized carbons (Fsp3) is 0.0556. The van der Waals surface area contributed by atoms with E-state index in [0.29, 0.717) is 5.56 Å². The lowest BCUT2D eigenvalue weighted by molar-refractivity contribution is 0.660. The van der Waals surface area contributed by atoms with Crippen molar-refractivity contribution < 1.29 is 27.4 Å². The van der Waals surface area contributed by atoms with Crippen LogP contribution in [0.5, 0.6) is 0 Å². The average molecular weight is 776 g/mol. The van der Waals surface area contributed by atoms with Gasteiger partial charge >= 0.3 is 0 Å². The van der Waals surface area contributed by atoms with Crippen molar-refractivity contribution in [3.8, 4) is 56.7 Å². The molecule has 0 aliphatic heterocycles. The number of para-hydroxylation sites is 3. The predicted octanol–water partition coefficient (Wildman–Crippen LogP) is 13.4. The molecule has 5 heteroatoms. The van der Waals surface area contributed by atoms with Crippen LogP contribution in [0.2, 0.25) is 0 Å². The third-order valence-corrected chi connectivity index (χ3v) is 11.0. The highest BCUT2D eigenvalue weighted by atomic mass is 15.3. The normalized spacial score (nSPS) is 17.8. The third-order valence-electron chi connectivity index (χ3n) is 11.0. The summed E-state index contributed by atoms with van der Waals surface area (Å²) >= 11 is 0. The van der Waals surface area contributed by atoms with E-state index in [9.17, 15) is 9.60 Å². The van der Waals surface area contributed by atoms with Gasteiger partial charge in [-0.25, -0.2) is 0 Å². The number of rotatable bonds is 5. The monoisotopic (exact) mass is 775 g/mol. The maximum atomic E-state index is 9.93. The first-order chi connectivity index (χ1) is 37.3. The molecule has 0 bridgehead atoms. The molecule has 0 saturated heterocycles. The molecular weight excluding hydrogens is 719 g/mol.